The highest BCUT2D eigenvalue weighted by Crippen LogP contribution is 2.24. The number of thioether (sulfide) groups is 1. The maximum atomic E-state index is 13.4. The quantitative estimate of drug-likeness (QED) is 0.838. The second-order valence-corrected chi connectivity index (χ2v) is 8.80. The number of hydrogen-bond donors (Lipinski definition) is 1. The van der Waals surface area contributed by atoms with Gasteiger partial charge in [-0.2, -0.15) is 0 Å². The van der Waals surface area contributed by atoms with Crippen molar-refractivity contribution < 1.29 is 17.6 Å². The molecule has 4 nitrogen and oxygen atoms in total. The van der Waals surface area contributed by atoms with Gasteiger partial charge in [0.2, 0.25) is 5.91 Å². The Labute approximate surface area is 128 Å². The normalized spacial score (nSPS) is 23.9. The van der Waals surface area contributed by atoms with Crippen LogP contribution in [0.15, 0.2) is 29.2 Å². The number of sulfone groups is 1. The van der Waals surface area contributed by atoms with E-state index < -0.39 is 15.4 Å². The minimum atomic E-state index is -3.04. The van der Waals surface area contributed by atoms with E-state index in [0.29, 0.717) is 17.1 Å². The summed E-state index contributed by atoms with van der Waals surface area (Å²) in [5.74, 6) is 0.0745. The number of rotatable bonds is 5. The third-order valence-electron chi connectivity index (χ3n) is 3.37. The van der Waals surface area contributed by atoms with Gasteiger partial charge < -0.3 is 5.32 Å². The lowest BCUT2D eigenvalue weighted by atomic mass is 10.0. The number of nitrogens with one attached hydrogen (secondary N) is 1. The summed E-state index contributed by atoms with van der Waals surface area (Å²) in [6, 6.07) is 6.42. The van der Waals surface area contributed by atoms with Crippen LogP contribution in [-0.4, -0.2) is 37.1 Å². The summed E-state index contributed by atoms with van der Waals surface area (Å²) in [6.07, 6.45) is 0.677. The zero-order chi connectivity index (χ0) is 15.5. The summed E-state index contributed by atoms with van der Waals surface area (Å²) in [5.41, 5.74) is -0.668. The Hall–Kier alpha value is -1.08. The van der Waals surface area contributed by atoms with E-state index in [9.17, 15) is 17.6 Å². The average molecular weight is 331 g/mol. The van der Waals surface area contributed by atoms with Crippen LogP contribution in [0.4, 0.5) is 4.39 Å². The second kappa shape index (κ2) is 6.36. The number of halogens is 1. The van der Waals surface area contributed by atoms with Gasteiger partial charge in [0.25, 0.3) is 0 Å². The molecular formula is C14H18FNO3S2. The van der Waals surface area contributed by atoms with E-state index in [4.69, 9.17) is 0 Å². The molecule has 2 rings (SSSR count). The first kappa shape index (κ1) is 16.3. The number of amides is 1. The first-order valence-electron chi connectivity index (χ1n) is 6.68. The molecule has 1 aliphatic rings. The Balaban J connectivity index is 1.80. The van der Waals surface area contributed by atoms with Gasteiger partial charge in [0.15, 0.2) is 9.84 Å². The van der Waals surface area contributed by atoms with Crippen molar-refractivity contribution in [1.29, 1.82) is 0 Å². The molecule has 116 valence electrons. The van der Waals surface area contributed by atoms with Crippen molar-refractivity contribution in [3.8, 4) is 0 Å². The second-order valence-electron chi connectivity index (χ2n) is 5.48. The standard InChI is InChI=1S/C14H18FNO3S2/c1-14(7-9-21(18,19)10-14)16-13(17)6-8-20-12-5-3-2-4-11(12)15/h2-5H,6-10H2,1H3,(H,16,17). The lowest BCUT2D eigenvalue weighted by molar-refractivity contribution is -0.122. The van der Waals surface area contributed by atoms with Crippen LogP contribution in [0.1, 0.15) is 19.8 Å². The molecule has 0 radical (unpaired) electrons. The molecule has 1 aliphatic heterocycles. The fourth-order valence-corrected chi connectivity index (χ4v) is 5.30. The molecule has 0 spiro atoms. The number of carbonyl (C=O) groups excluding carboxylic acids is 1. The monoisotopic (exact) mass is 331 g/mol. The van der Waals surface area contributed by atoms with Crippen molar-refractivity contribution in [1.82, 2.24) is 5.32 Å². The Morgan fingerprint density at radius 3 is 2.76 bits per heavy atom. The largest absolute Gasteiger partial charge is 0.350 e. The Kier molecular flexibility index (Phi) is 4.93. The zero-order valence-corrected chi connectivity index (χ0v) is 13.4. The van der Waals surface area contributed by atoms with Gasteiger partial charge >= 0.3 is 0 Å². The maximum absolute atomic E-state index is 13.4. The molecule has 0 saturated carbocycles. The third-order valence-corrected chi connectivity index (χ3v) is 6.32. The number of carbonyl (C=O) groups is 1. The average Bonchev–Trinajstić information content (AvgIpc) is 2.65. The van der Waals surface area contributed by atoms with Gasteiger partial charge in [-0.3, -0.25) is 4.79 Å². The summed E-state index contributed by atoms with van der Waals surface area (Å²) < 4.78 is 36.3. The van der Waals surface area contributed by atoms with Gasteiger partial charge in [-0.05, 0) is 25.5 Å². The minimum Gasteiger partial charge on any atom is -0.350 e. The van der Waals surface area contributed by atoms with Gasteiger partial charge in [0, 0.05) is 17.1 Å². The Morgan fingerprint density at radius 1 is 1.43 bits per heavy atom. The van der Waals surface area contributed by atoms with Crippen LogP contribution in [0, 0.1) is 5.82 Å². The molecule has 1 amide bonds. The summed E-state index contributed by atoms with van der Waals surface area (Å²) in [5, 5.41) is 2.79. The predicted molar refractivity (Wildman–Crippen MR) is 81.6 cm³/mol. The molecule has 1 N–H and O–H groups in total. The first-order valence-corrected chi connectivity index (χ1v) is 9.49. The van der Waals surface area contributed by atoms with Crippen LogP contribution in [0.5, 0.6) is 0 Å². The van der Waals surface area contributed by atoms with E-state index in [1.165, 1.54) is 17.8 Å². The third kappa shape index (κ3) is 4.71. The molecule has 1 aromatic rings. The molecule has 1 fully saturated rings. The first-order chi connectivity index (χ1) is 9.80. The molecule has 1 aromatic carbocycles. The van der Waals surface area contributed by atoms with Gasteiger partial charge in [-0.15, -0.1) is 11.8 Å². The molecular weight excluding hydrogens is 313 g/mol. The van der Waals surface area contributed by atoms with Crippen LogP contribution < -0.4 is 5.32 Å². The fraction of sp³-hybridized carbons (Fsp3) is 0.500. The van der Waals surface area contributed by atoms with Crippen molar-refractivity contribution in [2.45, 2.75) is 30.2 Å². The Bertz CT molecular complexity index is 633. The predicted octanol–water partition coefficient (Wildman–Crippen LogP) is 2.00. The number of benzene rings is 1. The van der Waals surface area contributed by atoms with Crippen LogP contribution in [0.25, 0.3) is 0 Å². The molecule has 1 atom stereocenters. The van der Waals surface area contributed by atoms with Crippen molar-refractivity contribution >= 4 is 27.5 Å². The minimum absolute atomic E-state index is 0.00774. The van der Waals surface area contributed by atoms with Gasteiger partial charge in [0.05, 0.1) is 17.0 Å². The Morgan fingerprint density at radius 2 is 2.14 bits per heavy atom. The van der Waals surface area contributed by atoms with Crippen molar-refractivity contribution in [2.24, 2.45) is 0 Å². The molecule has 0 aliphatic carbocycles. The summed E-state index contributed by atoms with van der Waals surface area (Å²) in [7, 11) is -3.04. The van der Waals surface area contributed by atoms with E-state index in [1.54, 1.807) is 25.1 Å². The lowest BCUT2D eigenvalue weighted by Gasteiger charge is -2.23. The van der Waals surface area contributed by atoms with Crippen LogP contribution >= 0.6 is 11.8 Å². The molecule has 1 heterocycles. The molecule has 21 heavy (non-hydrogen) atoms. The maximum Gasteiger partial charge on any atom is 0.221 e. The highest BCUT2D eigenvalue weighted by Gasteiger charge is 2.39. The van der Waals surface area contributed by atoms with E-state index >= 15 is 0 Å². The van der Waals surface area contributed by atoms with Crippen molar-refractivity contribution in [3.63, 3.8) is 0 Å². The van der Waals surface area contributed by atoms with Gasteiger partial charge in [0.1, 0.15) is 5.82 Å². The van der Waals surface area contributed by atoms with E-state index in [1.807, 2.05) is 0 Å². The zero-order valence-electron chi connectivity index (χ0n) is 11.8. The fourth-order valence-electron chi connectivity index (χ4n) is 2.32. The smallest absolute Gasteiger partial charge is 0.221 e. The highest BCUT2D eigenvalue weighted by molar-refractivity contribution is 7.99. The van der Waals surface area contributed by atoms with Crippen molar-refractivity contribution in [3.05, 3.63) is 30.1 Å². The van der Waals surface area contributed by atoms with Crippen LogP contribution in [-0.2, 0) is 14.6 Å². The van der Waals surface area contributed by atoms with Crippen molar-refractivity contribution in [2.75, 3.05) is 17.3 Å². The number of hydrogen-bond acceptors (Lipinski definition) is 4. The molecule has 0 aromatic heterocycles. The van der Waals surface area contributed by atoms with E-state index in [2.05, 4.69) is 5.32 Å². The molecule has 0 bridgehead atoms. The summed E-state index contributed by atoms with van der Waals surface area (Å²) in [6.45, 7) is 1.75. The molecule has 7 heteroatoms. The highest BCUT2D eigenvalue weighted by atomic mass is 32.2. The molecule has 1 unspecified atom stereocenters. The topological polar surface area (TPSA) is 63.2 Å². The SMILES string of the molecule is CC1(NC(=O)CCSc2ccccc2F)CCS(=O)(=O)C1. The molecule has 1 saturated heterocycles. The van der Waals surface area contributed by atoms with Crippen LogP contribution in [0.2, 0.25) is 0 Å². The lowest BCUT2D eigenvalue weighted by Crippen LogP contribution is -2.47. The summed E-state index contributed by atoms with van der Waals surface area (Å²) >= 11 is 1.28. The van der Waals surface area contributed by atoms with E-state index in [-0.39, 0.29) is 29.7 Å². The van der Waals surface area contributed by atoms with Gasteiger partial charge in [-0.25, -0.2) is 12.8 Å². The van der Waals surface area contributed by atoms with E-state index in [0.717, 1.165) is 0 Å². The summed E-state index contributed by atoms with van der Waals surface area (Å²) in [4.78, 5) is 12.4. The van der Waals surface area contributed by atoms with Gasteiger partial charge in [-0.1, -0.05) is 12.1 Å². The van der Waals surface area contributed by atoms with Crippen LogP contribution in [0.3, 0.4) is 0 Å².